The molecule has 0 fully saturated rings. The Balaban J connectivity index is 2.69. The Kier molecular flexibility index (Phi) is 2.34. The van der Waals surface area contributed by atoms with E-state index in [1.807, 2.05) is 0 Å². The molecule has 0 aromatic heterocycles. The van der Waals surface area contributed by atoms with Crippen molar-refractivity contribution in [2.45, 2.75) is 32.1 Å². The van der Waals surface area contributed by atoms with Crippen LogP contribution in [0.4, 0.5) is 4.39 Å². The molecule has 15 heavy (non-hydrogen) atoms. The van der Waals surface area contributed by atoms with Crippen LogP contribution in [0, 0.1) is 5.82 Å². The lowest BCUT2D eigenvalue weighted by molar-refractivity contribution is -0.124. The van der Waals surface area contributed by atoms with Gasteiger partial charge in [0, 0.05) is 17.0 Å². The molecular weight excluding hydrogens is 215 g/mol. The number of ketones is 1. The van der Waals surface area contributed by atoms with Gasteiger partial charge in [-0.05, 0) is 38.0 Å². The van der Waals surface area contributed by atoms with E-state index in [0.717, 1.165) is 5.56 Å². The number of hydrogen-bond donors (Lipinski definition) is 0. The molecule has 0 radical (unpaired) electrons. The smallest absolute Gasteiger partial charge is 0.143 e. The number of hydrogen-bond acceptors (Lipinski definition) is 1. The number of rotatable bonds is 0. The van der Waals surface area contributed by atoms with Crippen molar-refractivity contribution in [2.24, 2.45) is 0 Å². The van der Waals surface area contributed by atoms with Gasteiger partial charge in [0.15, 0.2) is 0 Å². The second kappa shape index (κ2) is 3.31. The van der Waals surface area contributed by atoms with Gasteiger partial charge >= 0.3 is 0 Å². The standard InChI is InChI=1S/C12H12ClFO/c1-12(2)10(15)4-3-7-5-8(13)6-9(14)11(7)12/h5-6H,3-4H2,1-2H3. The maximum Gasteiger partial charge on any atom is 0.143 e. The average molecular weight is 227 g/mol. The molecule has 0 unspecified atom stereocenters. The second-order valence-electron chi connectivity index (χ2n) is 4.47. The summed E-state index contributed by atoms with van der Waals surface area (Å²) in [5.74, 6) is -0.272. The van der Waals surface area contributed by atoms with E-state index in [1.165, 1.54) is 6.07 Å². The van der Waals surface area contributed by atoms with Crippen molar-refractivity contribution in [1.82, 2.24) is 0 Å². The minimum absolute atomic E-state index is 0.0937. The van der Waals surface area contributed by atoms with Gasteiger partial charge in [-0.2, -0.15) is 0 Å². The first-order chi connectivity index (χ1) is 6.93. The Labute approximate surface area is 93.2 Å². The Morgan fingerprint density at radius 1 is 1.33 bits per heavy atom. The zero-order chi connectivity index (χ0) is 11.2. The zero-order valence-corrected chi connectivity index (χ0v) is 9.49. The van der Waals surface area contributed by atoms with E-state index in [-0.39, 0.29) is 11.6 Å². The highest BCUT2D eigenvalue weighted by molar-refractivity contribution is 6.30. The maximum absolute atomic E-state index is 13.8. The number of fused-ring (bicyclic) bond motifs is 1. The summed E-state index contributed by atoms with van der Waals surface area (Å²) in [5.41, 5.74) is 0.662. The molecular formula is C12H12ClFO. The van der Waals surface area contributed by atoms with Crippen LogP contribution >= 0.6 is 11.6 Å². The van der Waals surface area contributed by atoms with E-state index in [2.05, 4.69) is 0 Å². The van der Waals surface area contributed by atoms with Crippen molar-refractivity contribution in [2.75, 3.05) is 0 Å². The number of carbonyl (C=O) groups excluding carboxylic acids is 1. The van der Waals surface area contributed by atoms with Crippen LogP contribution in [0.5, 0.6) is 0 Å². The van der Waals surface area contributed by atoms with Crippen molar-refractivity contribution >= 4 is 17.4 Å². The van der Waals surface area contributed by atoms with Crippen LogP contribution in [-0.4, -0.2) is 5.78 Å². The number of carbonyl (C=O) groups is 1. The molecule has 1 aliphatic rings. The monoisotopic (exact) mass is 226 g/mol. The van der Waals surface area contributed by atoms with Gasteiger partial charge in [-0.1, -0.05) is 11.6 Å². The maximum atomic E-state index is 13.8. The molecule has 3 heteroatoms. The van der Waals surface area contributed by atoms with Gasteiger partial charge < -0.3 is 0 Å². The minimum Gasteiger partial charge on any atom is -0.299 e. The van der Waals surface area contributed by atoms with Crippen LogP contribution in [-0.2, 0) is 16.6 Å². The molecule has 1 nitrogen and oxygen atoms in total. The van der Waals surface area contributed by atoms with E-state index >= 15 is 0 Å². The molecule has 0 atom stereocenters. The van der Waals surface area contributed by atoms with Crippen LogP contribution in [0.2, 0.25) is 5.02 Å². The molecule has 1 aromatic rings. The third kappa shape index (κ3) is 1.57. The average Bonchev–Trinajstić information content (AvgIpc) is 2.10. The molecule has 0 spiro atoms. The molecule has 0 N–H and O–H groups in total. The fourth-order valence-electron chi connectivity index (χ4n) is 2.22. The van der Waals surface area contributed by atoms with Crippen LogP contribution in [0.3, 0.4) is 0 Å². The summed E-state index contributed by atoms with van der Waals surface area (Å²) in [4.78, 5) is 11.7. The van der Waals surface area contributed by atoms with E-state index in [4.69, 9.17) is 11.6 Å². The van der Waals surface area contributed by atoms with Gasteiger partial charge in [-0.3, -0.25) is 4.79 Å². The highest BCUT2D eigenvalue weighted by atomic mass is 35.5. The lowest BCUT2D eigenvalue weighted by atomic mass is 9.71. The van der Waals surface area contributed by atoms with Crippen molar-refractivity contribution in [3.05, 3.63) is 34.1 Å². The lowest BCUT2D eigenvalue weighted by Gasteiger charge is -2.31. The Morgan fingerprint density at radius 3 is 2.67 bits per heavy atom. The zero-order valence-electron chi connectivity index (χ0n) is 8.73. The van der Waals surface area contributed by atoms with Gasteiger partial charge in [0.05, 0.1) is 5.41 Å². The van der Waals surface area contributed by atoms with E-state index in [0.29, 0.717) is 23.4 Å². The largest absolute Gasteiger partial charge is 0.299 e. The topological polar surface area (TPSA) is 17.1 Å². The molecule has 0 amide bonds. The third-order valence-electron chi connectivity index (χ3n) is 3.08. The second-order valence-corrected chi connectivity index (χ2v) is 4.91. The van der Waals surface area contributed by atoms with Gasteiger partial charge in [-0.15, -0.1) is 0 Å². The quantitative estimate of drug-likeness (QED) is 0.664. The van der Waals surface area contributed by atoms with Crippen LogP contribution in [0.15, 0.2) is 12.1 Å². The predicted octanol–water partition coefficient (Wildman–Crippen LogP) is 3.27. The predicted molar refractivity (Wildman–Crippen MR) is 57.8 cm³/mol. The molecule has 80 valence electrons. The number of aryl methyl sites for hydroxylation is 1. The van der Waals surface area contributed by atoms with Crippen LogP contribution in [0.1, 0.15) is 31.4 Å². The van der Waals surface area contributed by atoms with Crippen molar-refractivity contribution in [3.63, 3.8) is 0 Å². The molecule has 1 aliphatic carbocycles. The van der Waals surface area contributed by atoms with Gasteiger partial charge in [0.1, 0.15) is 11.6 Å². The van der Waals surface area contributed by atoms with Crippen molar-refractivity contribution in [3.8, 4) is 0 Å². The van der Waals surface area contributed by atoms with E-state index in [1.54, 1.807) is 19.9 Å². The van der Waals surface area contributed by atoms with Crippen LogP contribution in [0.25, 0.3) is 0 Å². The number of halogens is 2. The fraction of sp³-hybridized carbons (Fsp3) is 0.417. The minimum atomic E-state index is -0.720. The molecule has 2 rings (SSSR count). The molecule has 0 saturated heterocycles. The Bertz CT molecular complexity index is 437. The first-order valence-electron chi connectivity index (χ1n) is 4.94. The molecule has 1 aromatic carbocycles. The highest BCUT2D eigenvalue weighted by Crippen LogP contribution is 2.37. The van der Waals surface area contributed by atoms with Crippen molar-refractivity contribution in [1.29, 1.82) is 0 Å². The molecule has 0 aliphatic heterocycles. The first-order valence-corrected chi connectivity index (χ1v) is 5.32. The van der Waals surface area contributed by atoms with Gasteiger partial charge in [-0.25, -0.2) is 4.39 Å². The summed E-state index contributed by atoms with van der Waals surface area (Å²) in [6.07, 6.45) is 1.06. The summed E-state index contributed by atoms with van der Waals surface area (Å²) >= 11 is 5.79. The van der Waals surface area contributed by atoms with E-state index < -0.39 is 5.41 Å². The Morgan fingerprint density at radius 2 is 2.00 bits per heavy atom. The lowest BCUT2D eigenvalue weighted by Crippen LogP contribution is -2.35. The summed E-state index contributed by atoms with van der Waals surface area (Å²) in [7, 11) is 0. The van der Waals surface area contributed by atoms with Gasteiger partial charge in [0.2, 0.25) is 0 Å². The van der Waals surface area contributed by atoms with Gasteiger partial charge in [0.25, 0.3) is 0 Å². The molecule has 0 saturated carbocycles. The first kappa shape index (κ1) is 10.6. The Hall–Kier alpha value is -0.890. The fourth-order valence-corrected chi connectivity index (χ4v) is 2.45. The van der Waals surface area contributed by atoms with Crippen LogP contribution < -0.4 is 0 Å². The van der Waals surface area contributed by atoms with Crippen molar-refractivity contribution < 1.29 is 9.18 Å². The summed E-state index contributed by atoms with van der Waals surface area (Å²) in [6.45, 7) is 3.54. The SMILES string of the molecule is CC1(C)C(=O)CCc2cc(Cl)cc(F)c21. The summed E-state index contributed by atoms with van der Waals surface area (Å²) in [6, 6.07) is 3.04. The number of Topliss-reactive ketones (excluding diaryl/α,β-unsaturated/α-hetero) is 1. The normalized spacial score (nSPS) is 18.8. The summed E-state index contributed by atoms with van der Waals surface area (Å²) in [5, 5.41) is 0.399. The third-order valence-corrected chi connectivity index (χ3v) is 3.30. The highest BCUT2D eigenvalue weighted by Gasteiger charge is 2.37. The molecule has 0 bridgehead atoms. The number of benzene rings is 1. The summed E-state index contributed by atoms with van der Waals surface area (Å²) < 4.78 is 13.8. The van der Waals surface area contributed by atoms with E-state index in [9.17, 15) is 9.18 Å². The molecule has 0 heterocycles.